The van der Waals surface area contributed by atoms with Crippen LogP contribution in [0.4, 0.5) is 0 Å². The van der Waals surface area contributed by atoms with E-state index in [1.54, 1.807) is 13.0 Å². The van der Waals surface area contributed by atoms with Crippen molar-refractivity contribution in [2.75, 3.05) is 6.61 Å². The smallest absolute Gasteiger partial charge is 0.0587 e. The van der Waals surface area contributed by atoms with Crippen LogP contribution in [0, 0.1) is 11.3 Å². The molecule has 0 amide bonds. The summed E-state index contributed by atoms with van der Waals surface area (Å²) >= 11 is 0. The third kappa shape index (κ3) is 214. The predicted molar refractivity (Wildman–Crippen MR) is 30.8 cm³/mol. The largest absolute Gasteiger partial charge is 0.397 e. The fourth-order valence-electron chi connectivity index (χ4n) is 0. The molecule has 0 aliphatic heterocycles. The van der Waals surface area contributed by atoms with Gasteiger partial charge in [-0.3, -0.25) is 0 Å². The lowest BCUT2D eigenvalue weighted by Gasteiger charge is -1.52. The number of aliphatic hydroxyl groups is 1. The van der Waals surface area contributed by atoms with Crippen LogP contribution in [-0.2, 0) is 0 Å². The van der Waals surface area contributed by atoms with Gasteiger partial charge in [-0.2, -0.15) is 5.26 Å². The minimum atomic E-state index is 0. The van der Waals surface area contributed by atoms with Gasteiger partial charge < -0.3 is 5.11 Å². The molecule has 7 heavy (non-hydrogen) atoms. The molecule has 0 radical (unpaired) electrons. The molecule has 0 aliphatic rings. The van der Waals surface area contributed by atoms with Gasteiger partial charge in [0.2, 0.25) is 0 Å². The molecule has 0 fully saturated rings. The molecule has 0 saturated carbocycles. The summed E-state index contributed by atoms with van der Waals surface area (Å²) in [6.45, 7) is 3.36. The first-order chi connectivity index (χ1) is 2.83. The minimum Gasteiger partial charge on any atom is -0.397 e. The summed E-state index contributed by atoms with van der Waals surface area (Å²) in [5.41, 5.74) is 0. The van der Waals surface area contributed by atoms with E-state index in [-0.39, 0.29) is 14.0 Å². The molecule has 0 aromatic carbocycles. The van der Waals surface area contributed by atoms with Crippen LogP contribution in [0.15, 0.2) is 0 Å². The third-order valence-corrected chi connectivity index (χ3v) is 0. The zero-order valence-corrected chi connectivity index (χ0v) is 4.10. The molecule has 0 spiro atoms. The van der Waals surface area contributed by atoms with Crippen LogP contribution in [0.5, 0.6) is 0 Å². The Morgan fingerprint density at radius 2 is 1.71 bits per heavy atom. The van der Waals surface area contributed by atoms with Gasteiger partial charge in [0.05, 0.1) is 6.07 Å². The highest BCUT2D eigenvalue weighted by Gasteiger charge is 1.34. The standard InChI is InChI=1S/C2H3N.C2H6O.CH4/c2*1-2-3;/h1H3;3H,2H2,1H3;1H4. The normalized spacial score (nSPS) is 3.71. The third-order valence-electron chi connectivity index (χ3n) is 0. The Bertz CT molecular complexity index is 37.8. The van der Waals surface area contributed by atoms with Gasteiger partial charge in [-0.15, -0.1) is 0 Å². The minimum absolute atomic E-state index is 0. The van der Waals surface area contributed by atoms with Gasteiger partial charge in [0.1, 0.15) is 0 Å². The fourth-order valence-corrected chi connectivity index (χ4v) is 0. The molecular formula is C5H13NO. The van der Waals surface area contributed by atoms with Crippen molar-refractivity contribution in [1.82, 2.24) is 0 Å². The average molecular weight is 103 g/mol. The quantitative estimate of drug-likeness (QED) is 0.500. The average Bonchev–Trinajstić information content (AvgIpc) is 1.39. The van der Waals surface area contributed by atoms with Crippen molar-refractivity contribution in [2.45, 2.75) is 21.3 Å². The molecule has 0 saturated heterocycles. The number of hydrogen-bond donors (Lipinski definition) is 1. The number of hydrogen-bond acceptors (Lipinski definition) is 2. The van der Waals surface area contributed by atoms with Gasteiger partial charge in [-0.25, -0.2) is 0 Å². The van der Waals surface area contributed by atoms with Crippen molar-refractivity contribution < 1.29 is 5.11 Å². The van der Waals surface area contributed by atoms with Gasteiger partial charge in [0, 0.05) is 13.5 Å². The van der Waals surface area contributed by atoms with E-state index in [0.717, 1.165) is 0 Å². The maximum atomic E-state index is 7.57. The topological polar surface area (TPSA) is 44.0 Å². The van der Waals surface area contributed by atoms with Gasteiger partial charge in [0.15, 0.2) is 0 Å². The van der Waals surface area contributed by atoms with E-state index in [1.807, 2.05) is 0 Å². The molecule has 44 valence electrons. The van der Waals surface area contributed by atoms with E-state index >= 15 is 0 Å². The van der Waals surface area contributed by atoms with Gasteiger partial charge in [0.25, 0.3) is 0 Å². The Morgan fingerprint density at radius 1 is 1.71 bits per heavy atom. The van der Waals surface area contributed by atoms with E-state index in [2.05, 4.69) is 0 Å². The summed E-state index contributed by atoms with van der Waals surface area (Å²) in [5.74, 6) is 0. The number of nitrogens with zero attached hydrogens (tertiary/aromatic N) is 1. The Hall–Kier alpha value is -0.550. The molecule has 2 heteroatoms. The lowest BCUT2D eigenvalue weighted by Crippen LogP contribution is -1.57. The highest BCUT2D eigenvalue weighted by Crippen LogP contribution is 1.30. The molecule has 0 bridgehead atoms. The van der Waals surface area contributed by atoms with Crippen molar-refractivity contribution >= 4 is 0 Å². The first kappa shape index (κ1) is 16.1. The van der Waals surface area contributed by atoms with Crippen molar-refractivity contribution in [3.63, 3.8) is 0 Å². The molecule has 0 rings (SSSR count). The summed E-state index contributed by atoms with van der Waals surface area (Å²) in [7, 11) is 0. The van der Waals surface area contributed by atoms with Crippen molar-refractivity contribution in [3.05, 3.63) is 0 Å². The van der Waals surface area contributed by atoms with Crippen LogP contribution in [-0.4, -0.2) is 11.7 Å². The SMILES string of the molecule is C.CC#N.CCO. The first-order valence-electron chi connectivity index (χ1n) is 1.75. The Morgan fingerprint density at radius 3 is 1.71 bits per heavy atom. The number of aliphatic hydroxyl groups excluding tert-OH is 1. The molecule has 0 heterocycles. The molecule has 0 aromatic rings. The van der Waals surface area contributed by atoms with E-state index in [1.165, 1.54) is 6.92 Å². The van der Waals surface area contributed by atoms with E-state index in [0.29, 0.717) is 0 Å². The molecule has 0 unspecified atom stereocenters. The lowest BCUT2D eigenvalue weighted by atomic mass is 10.9. The van der Waals surface area contributed by atoms with Crippen LogP contribution in [0.2, 0.25) is 0 Å². The van der Waals surface area contributed by atoms with Crippen LogP contribution < -0.4 is 0 Å². The van der Waals surface area contributed by atoms with Crippen LogP contribution >= 0.6 is 0 Å². The zero-order chi connectivity index (χ0) is 5.41. The number of rotatable bonds is 0. The lowest BCUT2D eigenvalue weighted by molar-refractivity contribution is 0.318. The highest BCUT2D eigenvalue weighted by molar-refractivity contribution is 4.51. The summed E-state index contributed by atoms with van der Waals surface area (Å²) < 4.78 is 0. The molecule has 0 atom stereocenters. The number of nitriles is 1. The second-order valence-corrected chi connectivity index (χ2v) is 0.540. The van der Waals surface area contributed by atoms with Crippen LogP contribution in [0.1, 0.15) is 21.3 Å². The predicted octanol–water partition coefficient (Wildman–Crippen LogP) is 1.16. The van der Waals surface area contributed by atoms with E-state index < -0.39 is 0 Å². The molecule has 1 N–H and O–H groups in total. The highest BCUT2D eigenvalue weighted by atomic mass is 16.2. The van der Waals surface area contributed by atoms with Crippen LogP contribution in [0.3, 0.4) is 0 Å². The van der Waals surface area contributed by atoms with E-state index in [9.17, 15) is 0 Å². The summed E-state index contributed by atoms with van der Waals surface area (Å²) in [6, 6.07) is 1.75. The molecule has 2 nitrogen and oxygen atoms in total. The maximum Gasteiger partial charge on any atom is 0.0587 e. The van der Waals surface area contributed by atoms with Gasteiger partial charge in [-0.05, 0) is 6.92 Å². The zero-order valence-electron chi connectivity index (χ0n) is 4.10. The van der Waals surface area contributed by atoms with Crippen LogP contribution in [0.25, 0.3) is 0 Å². The fraction of sp³-hybridized carbons (Fsp3) is 0.800. The van der Waals surface area contributed by atoms with Crippen molar-refractivity contribution in [3.8, 4) is 6.07 Å². The summed E-state index contributed by atoms with van der Waals surface area (Å²) in [5, 5.41) is 14.9. The Balaban J connectivity index is -0.0000000400. The summed E-state index contributed by atoms with van der Waals surface area (Å²) in [6.07, 6.45) is 0. The maximum absolute atomic E-state index is 7.57. The van der Waals surface area contributed by atoms with Crippen molar-refractivity contribution in [1.29, 1.82) is 5.26 Å². The first-order valence-corrected chi connectivity index (χ1v) is 1.75. The summed E-state index contributed by atoms with van der Waals surface area (Å²) in [4.78, 5) is 0. The molecule has 0 aromatic heterocycles. The van der Waals surface area contributed by atoms with Gasteiger partial charge in [-0.1, -0.05) is 7.43 Å². The van der Waals surface area contributed by atoms with Crippen molar-refractivity contribution in [2.24, 2.45) is 0 Å². The Labute approximate surface area is 45.4 Å². The molecular weight excluding hydrogens is 90.1 g/mol. The van der Waals surface area contributed by atoms with E-state index in [4.69, 9.17) is 10.4 Å². The second kappa shape index (κ2) is 51.3. The Kier molecular flexibility index (Phi) is 118. The van der Waals surface area contributed by atoms with Gasteiger partial charge >= 0.3 is 0 Å². The second-order valence-electron chi connectivity index (χ2n) is 0.540. The molecule has 0 aliphatic carbocycles. The monoisotopic (exact) mass is 103 g/mol.